The van der Waals surface area contributed by atoms with Gasteiger partial charge >= 0.3 is 0 Å². The van der Waals surface area contributed by atoms with Crippen LogP contribution in [0.1, 0.15) is 11.1 Å². The summed E-state index contributed by atoms with van der Waals surface area (Å²) >= 11 is 0. The largest absolute Gasteiger partial charge is 0.497 e. The minimum absolute atomic E-state index is 0.251. The molecule has 0 spiro atoms. The van der Waals surface area contributed by atoms with Crippen LogP contribution in [0.5, 0.6) is 5.75 Å². The van der Waals surface area contributed by atoms with Gasteiger partial charge < -0.3 is 19.3 Å². The second kappa shape index (κ2) is 9.20. The van der Waals surface area contributed by atoms with Crippen LogP contribution in [0, 0.1) is 0 Å². The molecule has 1 N–H and O–H groups in total. The summed E-state index contributed by atoms with van der Waals surface area (Å²) < 4.78 is 16.1. The third-order valence-corrected chi connectivity index (χ3v) is 3.16. The topological polar surface area (TPSA) is 47.9 Å². The fraction of sp³-hybridized carbons (Fsp3) is 0.333. The Morgan fingerprint density at radius 2 is 1.36 bits per heavy atom. The summed E-state index contributed by atoms with van der Waals surface area (Å²) in [5.41, 5.74) is 2.13. The Kier molecular flexibility index (Phi) is 6.90. The summed E-state index contributed by atoms with van der Waals surface area (Å²) in [6.07, 6.45) is -0.623. The lowest BCUT2D eigenvalue weighted by molar-refractivity contribution is -0.0276. The van der Waals surface area contributed by atoms with Crippen LogP contribution < -0.4 is 4.74 Å². The quantitative estimate of drug-likeness (QED) is 0.774. The van der Waals surface area contributed by atoms with Crippen molar-refractivity contribution < 1.29 is 19.3 Å². The lowest BCUT2D eigenvalue weighted by Gasteiger charge is -2.12. The van der Waals surface area contributed by atoms with Crippen molar-refractivity contribution in [1.29, 1.82) is 0 Å². The molecule has 2 rings (SSSR count). The molecule has 0 aliphatic rings. The van der Waals surface area contributed by atoms with Crippen molar-refractivity contribution in [3.63, 3.8) is 0 Å². The van der Waals surface area contributed by atoms with Crippen molar-refractivity contribution in [1.82, 2.24) is 0 Å². The highest BCUT2D eigenvalue weighted by molar-refractivity contribution is 5.26. The molecular formula is C18H22O4. The number of hydrogen-bond donors (Lipinski definition) is 1. The van der Waals surface area contributed by atoms with Crippen LogP contribution in [0.15, 0.2) is 54.6 Å². The highest BCUT2D eigenvalue weighted by atomic mass is 16.5. The van der Waals surface area contributed by atoms with E-state index in [1.807, 2.05) is 54.6 Å². The van der Waals surface area contributed by atoms with Crippen molar-refractivity contribution in [2.45, 2.75) is 19.3 Å². The van der Waals surface area contributed by atoms with E-state index >= 15 is 0 Å². The van der Waals surface area contributed by atoms with E-state index in [-0.39, 0.29) is 13.2 Å². The Balaban J connectivity index is 1.60. The molecule has 4 heteroatoms. The van der Waals surface area contributed by atoms with Crippen molar-refractivity contribution in [2.75, 3.05) is 20.3 Å². The minimum Gasteiger partial charge on any atom is -0.497 e. The highest BCUT2D eigenvalue weighted by Gasteiger charge is 2.05. The van der Waals surface area contributed by atoms with Crippen LogP contribution in [0.4, 0.5) is 0 Å². The molecule has 2 aromatic rings. The summed E-state index contributed by atoms with van der Waals surface area (Å²) in [5, 5.41) is 9.82. The van der Waals surface area contributed by atoms with Crippen LogP contribution >= 0.6 is 0 Å². The molecule has 118 valence electrons. The summed E-state index contributed by atoms with van der Waals surface area (Å²) in [4.78, 5) is 0. The van der Waals surface area contributed by atoms with Gasteiger partial charge in [-0.25, -0.2) is 0 Å². The van der Waals surface area contributed by atoms with Gasteiger partial charge in [0, 0.05) is 0 Å². The zero-order chi connectivity index (χ0) is 15.6. The molecule has 0 fully saturated rings. The van der Waals surface area contributed by atoms with E-state index in [1.165, 1.54) is 0 Å². The van der Waals surface area contributed by atoms with Crippen molar-refractivity contribution >= 4 is 0 Å². The standard InChI is InChI=1S/C18H22O4/c1-20-18-9-7-16(8-10-18)12-22-14-17(19)13-21-11-15-5-3-2-4-6-15/h2-10,17,19H,11-14H2,1H3. The first-order valence-corrected chi connectivity index (χ1v) is 7.28. The number of aliphatic hydroxyl groups is 1. The van der Waals surface area contributed by atoms with Gasteiger partial charge in [0.05, 0.1) is 33.5 Å². The van der Waals surface area contributed by atoms with E-state index < -0.39 is 6.10 Å². The smallest absolute Gasteiger partial charge is 0.118 e. The van der Waals surface area contributed by atoms with Gasteiger partial charge in [0.1, 0.15) is 11.9 Å². The second-order valence-electron chi connectivity index (χ2n) is 5.02. The molecule has 0 aromatic heterocycles. The van der Waals surface area contributed by atoms with Gasteiger partial charge in [0.15, 0.2) is 0 Å². The van der Waals surface area contributed by atoms with E-state index in [9.17, 15) is 5.11 Å². The van der Waals surface area contributed by atoms with Crippen molar-refractivity contribution in [3.8, 4) is 5.75 Å². The molecule has 0 aliphatic carbocycles. The maximum Gasteiger partial charge on any atom is 0.118 e. The monoisotopic (exact) mass is 302 g/mol. The fourth-order valence-electron chi connectivity index (χ4n) is 1.97. The fourth-order valence-corrected chi connectivity index (χ4v) is 1.97. The van der Waals surface area contributed by atoms with Gasteiger partial charge in [-0.1, -0.05) is 42.5 Å². The summed E-state index contributed by atoms with van der Waals surface area (Å²) in [7, 11) is 1.64. The average Bonchev–Trinajstić information content (AvgIpc) is 2.56. The van der Waals surface area contributed by atoms with Gasteiger partial charge in [0.25, 0.3) is 0 Å². The van der Waals surface area contributed by atoms with E-state index in [2.05, 4.69) is 0 Å². The Labute approximate surface area is 131 Å². The molecule has 0 radical (unpaired) electrons. The Bertz CT molecular complexity index is 525. The van der Waals surface area contributed by atoms with E-state index in [0.717, 1.165) is 16.9 Å². The van der Waals surface area contributed by atoms with Crippen molar-refractivity contribution in [3.05, 3.63) is 65.7 Å². The molecule has 1 atom stereocenters. The van der Waals surface area contributed by atoms with Crippen LogP contribution in [0.3, 0.4) is 0 Å². The van der Waals surface area contributed by atoms with Gasteiger partial charge in [0.2, 0.25) is 0 Å². The van der Waals surface area contributed by atoms with Gasteiger partial charge in [-0.3, -0.25) is 0 Å². The first-order chi connectivity index (χ1) is 10.8. The Hall–Kier alpha value is -1.88. The number of aliphatic hydroxyl groups excluding tert-OH is 1. The number of ether oxygens (including phenoxy) is 3. The molecule has 2 aromatic carbocycles. The summed E-state index contributed by atoms with van der Waals surface area (Å²) in [6, 6.07) is 17.5. The minimum atomic E-state index is -0.623. The third-order valence-electron chi connectivity index (χ3n) is 3.16. The predicted molar refractivity (Wildman–Crippen MR) is 84.8 cm³/mol. The van der Waals surface area contributed by atoms with Crippen LogP contribution in [0.25, 0.3) is 0 Å². The molecule has 0 heterocycles. The number of rotatable bonds is 9. The molecule has 0 bridgehead atoms. The van der Waals surface area contributed by atoms with E-state index in [4.69, 9.17) is 14.2 Å². The van der Waals surface area contributed by atoms with E-state index in [1.54, 1.807) is 7.11 Å². The number of benzene rings is 2. The molecular weight excluding hydrogens is 280 g/mol. The Morgan fingerprint density at radius 1 is 0.818 bits per heavy atom. The third kappa shape index (κ3) is 5.85. The first-order valence-electron chi connectivity index (χ1n) is 7.28. The SMILES string of the molecule is COc1ccc(COCC(O)COCc2ccccc2)cc1. The normalized spacial score (nSPS) is 12.1. The van der Waals surface area contributed by atoms with Crippen LogP contribution in [0.2, 0.25) is 0 Å². The van der Waals surface area contributed by atoms with Crippen LogP contribution in [-0.4, -0.2) is 31.5 Å². The lowest BCUT2D eigenvalue weighted by Crippen LogP contribution is -2.21. The molecule has 0 amide bonds. The number of hydrogen-bond acceptors (Lipinski definition) is 4. The lowest BCUT2D eigenvalue weighted by atomic mass is 10.2. The average molecular weight is 302 g/mol. The molecule has 0 aliphatic heterocycles. The van der Waals surface area contributed by atoms with E-state index in [0.29, 0.717) is 13.2 Å². The zero-order valence-corrected chi connectivity index (χ0v) is 12.8. The molecule has 1 unspecified atom stereocenters. The maximum absolute atomic E-state index is 9.82. The van der Waals surface area contributed by atoms with Gasteiger partial charge in [-0.2, -0.15) is 0 Å². The second-order valence-corrected chi connectivity index (χ2v) is 5.02. The maximum atomic E-state index is 9.82. The predicted octanol–water partition coefficient (Wildman–Crippen LogP) is 2.79. The first kappa shape index (κ1) is 16.5. The Morgan fingerprint density at radius 3 is 1.91 bits per heavy atom. The number of methoxy groups -OCH3 is 1. The van der Waals surface area contributed by atoms with Gasteiger partial charge in [-0.15, -0.1) is 0 Å². The highest BCUT2D eigenvalue weighted by Crippen LogP contribution is 2.12. The summed E-state index contributed by atoms with van der Waals surface area (Å²) in [5.74, 6) is 0.818. The summed E-state index contributed by atoms with van der Waals surface area (Å²) in [6.45, 7) is 1.47. The van der Waals surface area contributed by atoms with Crippen LogP contribution in [-0.2, 0) is 22.7 Å². The van der Waals surface area contributed by atoms with Crippen molar-refractivity contribution in [2.24, 2.45) is 0 Å². The molecule has 0 saturated heterocycles. The molecule has 4 nitrogen and oxygen atoms in total. The zero-order valence-electron chi connectivity index (χ0n) is 12.8. The molecule has 22 heavy (non-hydrogen) atoms. The molecule has 0 saturated carbocycles. The van der Waals surface area contributed by atoms with Gasteiger partial charge in [-0.05, 0) is 23.3 Å².